The lowest BCUT2D eigenvalue weighted by molar-refractivity contribution is -0.114. The number of esters is 1. The zero-order valence-electron chi connectivity index (χ0n) is 16.0. The summed E-state index contributed by atoms with van der Waals surface area (Å²) in [6, 6.07) is 9.10. The normalized spacial score (nSPS) is 10.6. The molecule has 0 saturated heterocycles. The predicted molar refractivity (Wildman–Crippen MR) is 106 cm³/mol. The maximum atomic E-state index is 12.6. The lowest BCUT2D eigenvalue weighted by atomic mass is 10.1. The van der Waals surface area contributed by atoms with Crippen molar-refractivity contribution >= 4 is 28.2 Å². The van der Waals surface area contributed by atoms with Crippen LogP contribution in [0.25, 0.3) is 11.3 Å². The molecule has 0 atom stereocenters. The lowest BCUT2D eigenvalue weighted by Crippen LogP contribution is -2.11. The number of amides is 1. The Morgan fingerprint density at radius 1 is 1.21 bits per heavy atom. The number of nitrogens with zero attached hydrogens (tertiary/aromatic N) is 1. The van der Waals surface area contributed by atoms with Crippen LogP contribution >= 0.6 is 11.3 Å². The Bertz CT molecular complexity index is 1000. The molecule has 0 saturated carbocycles. The number of ether oxygens (including phenoxy) is 2. The molecule has 146 valence electrons. The van der Waals surface area contributed by atoms with E-state index in [0.717, 1.165) is 21.8 Å². The number of benzene rings is 1. The molecule has 1 amide bonds. The molecule has 3 rings (SSSR count). The highest BCUT2D eigenvalue weighted by molar-refractivity contribution is 7.16. The Labute approximate surface area is 166 Å². The first-order valence-electron chi connectivity index (χ1n) is 8.53. The first-order chi connectivity index (χ1) is 13.4. The zero-order valence-corrected chi connectivity index (χ0v) is 16.8. The number of carbonyl (C=O) groups excluding carboxylic acids is 2. The third-order valence-corrected chi connectivity index (χ3v) is 5.29. The largest absolute Gasteiger partial charge is 0.497 e. The molecule has 1 aromatic carbocycles. The summed E-state index contributed by atoms with van der Waals surface area (Å²) in [6.07, 6.45) is 0. The number of thiophene rings is 1. The van der Waals surface area contributed by atoms with Crippen molar-refractivity contribution in [3.8, 4) is 17.0 Å². The Hall–Kier alpha value is -3.13. The van der Waals surface area contributed by atoms with Gasteiger partial charge in [0.15, 0.2) is 12.4 Å². The standard InChI is InChI=1S/C20H20N2O5S/c1-11-12(2)28-19(21-13(3)23)18(11)20(24)26-10-16-9-17(22-27-16)14-5-7-15(25-4)8-6-14/h5-9H,10H2,1-4H3,(H,21,23). The summed E-state index contributed by atoms with van der Waals surface area (Å²) in [6.45, 7) is 5.05. The summed E-state index contributed by atoms with van der Waals surface area (Å²) >= 11 is 1.34. The van der Waals surface area contributed by atoms with E-state index in [1.165, 1.54) is 18.3 Å². The second-order valence-corrected chi connectivity index (χ2v) is 7.38. The third kappa shape index (κ3) is 4.23. The Kier molecular flexibility index (Phi) is 5.79. The van der Waals surface area contributed by atoms with Crippen molar-refractivity contribution in [2.45, 2.75) is 27.4 Å². The van der Waals surface area contributed by atoms with Crippen LogP contribution in [0, 0.1) is 13.8 Å². The van der Waals surface area contributed by atoms with E-state index in [-0.39, 0.29) is 12.5 Å². The third-order valence-electron chi connectivity index (χ3n) is 4.17. The minimum absolute atomic E-state index is 0.0597. The van der Waals surface area contributed by atoms with Crippen LogP contribution in [0.2, 0.25) is 0 Å². The molecular formula is C20H20N2O5S. The van der Waals surface area contributed by atoms with Gasteiger partial charge in [0.2, 0.25) is 5.91 Å². The molecule has 0 aliphatic carbocycles. The van der Waals surface area contributed by atoms with Gasteiger partial charge in [-0.3, -0.25) is 4.79 Å². The number of hydrogen-bond acceptors (Lipinski definition) is 7. The van der Waals surface area contributed by atoms with E-state index in [2.05, 4.69) is 10.5 Å². The molecule has 2 heterocycles. The molecule has 2 aromatic heterocycles. The maximum absolute atomic E-state index is 12.6. The first kappa shape index (κ1) is 19.6. The van der Waals surface area contributed by atoms with Gasteiger partial charge in [0.1, 0.15) is 16.4 Å². The highest BCUT2D eigenvalue weighted by atomic mass is 32.1. The van der Waals surface area contributed by atoms with Crippen molar-refractivity contribution in [1.82, 2.24) is 5.16 Å². The first-order valence-corrected chi connectivity index (χ1v) is 9.35. The van der Waals surface area contributed by atoms with Crippen LogP contribution in [0.3, 0.4) is 0 Å². The number of nitrogens with one attached hydrogen (secondary N) is 1. The minimum atomic E-state index is -0.520. The van der Waals surface area contributed by atoms with Gasteiger partial charge >= 0.3 is 5.97 Å². The summed E-state index contributed by atoms with van der Waals surface area (Å²) in [7, 11) is 1.60. The molecule has 0 aliphatic heterocycles. The van der Waals surface area contributed by atoms with E-state index in [9.17, 15) is 9.59 Å². The average molecular weight is 400 g/mol. The second-order valence-electron chi connectivity index (χ2n) is 6.15. The van der Waals surface area contributed by atoms with Gasteiger partial charge in [0.25, 0.3) is 0 Å². The van der Waals surface area contributed by atoms with Crippen molar-refractivity contribution in [3.63, 3.8) is 0 Å². The molecule has 0 aliphatic rings. The number of methoxy groups -OCH3 is 1. The molecule has 0 unspecified atom stereocenters. The molecule has 0 bridgehead atoms. The highest BCUT2D eigenvalue weighted by Crippen LogP contribution is 2.33. The number of aryl methyl sites for hydroxylation is 1. The maximum Gasteiger partial charge on any atom is 0.341 e. The van der Waals surface area contributed by atoms with Gasteiger partial charge in [0.05, 0.1) is 12.7 Å². The average Bonchev–Trinajstić information content (AvgIpc) is 3.24. The molecule has 0 radical (unpaired) electrons. The van der Waals surface area contributed by atoms with Crippen LogP contribution in [0.15, 0.2) is 34.9 Å². The zero-order chi connectivity index (χ0) is 20.3. The predicted octanol–water partition coefficient (Wildman–Crippen LogP) is 4.34. The summed E-state index contributed by atoms with van der Waals surface area (Å²) in [5, 5.41) is 7.18. The van der Waals surface area contributed by atoms with Crippen LogP contribution in [0.5, 0.6) is 5.75 Å². The van der Waals surface area contributed by atoms with Crippen molar-refractivity contribution in [3.05, 3.63) is 52.1 Å². The summed E-state index contributed by atoms with van der Waals surface area (Å²) in [5.41, 5.74) is 2.65. The van der Waals surface area contributed by atoms with Gasteiger partial charge in [-0.25, -0.2) is 4.79 Å². The van der Waals surface area contributed by atoms with E-state index in [1.807, 2.05) is 38.1 Å². The van der Waals surface area contributed by atoms with Crippen molar-refractivity contribution < 1.29 is 23.6 Å². The highest BCUT2D eigenvalue weighted by Gasteiger charge is 2.22. The molecule has 7 nitrogen and oxygen atoms in total. The van der Waals surface area contributed by atoms with Gasteiger partial charge < -0.3 is 19.3 Å². The van der Waals surface area contributed by atoms with Crippen LogP contribution in [0.1, 0.15) is 33.5 Å². The molecule has 8 heteroatoms. The molecule has 0 spiro atoms. The topological polar surface area (TPSA) is 90.7 Å². The summed E-state index contributed by atoms with van der Waals surface area (Å²) in [5.74, 6) is 0.408. The van der Waals surface area contributed by atoms with E-state index >= 15 is 0 Å². The van der Waals surface area contributed by atoms with Crippen molar-refractivity contribution in [2.75, 3.05) is 12.4 Å². The fourth-order valence-electron chi connectivity index (χ4n) is 2.61. The van der Waals surface area contributed by atoms with Crippen LogP contribution in [-0.2, 0) is 16.1 Å². The van der Waals surface area contributed by atoms with Crippen molar-refractivity contribution in [1.29, 1.82) is 0 Å². The van der Waals surface area contributed by atoms with Gasteiger partial charge in [-0.2, -0.15) is 0 Å². The molecule has 3 aromatic rings. The fourth-order valence-corrected chi connectivity index (χ4v) is 3.70. The van der Waals surface area contributed by atoms with E-state index in [0.29, 0.717) is 22.0 Å². The Balaban J connectivity index is 1.70. The van der Waals surface area contributed by atoms with Gasteiger partial charge in [-0.1, -0.05) is 5.16 Å². The summed E-state index contributed by atoms with van der Waals surface area (Å²) in [4.78, 5) is 24.9. The second kappa shape index (κ2) is 8.26. The monoisotopic (exact) mass is 400 g/mol. The smallest absolute Gasteiger partial charge is 0.341 e. The molecule has 28 heavy (non-hydrogen) atoms. The minimum Gasteiger partial charge on any atom is -0.497 e. The Morgan fingerprint density at radius 2 is 1.93 bits per heavy atom. The number of rotatable bonds is 6. The van der Waals surface area contributed by atoms with Crippen LogP contribution < -0.4 is 10.1 Å². The van der Waals surface area contributed by atoms with Crippen LogP contribution in [-0.4, -0.2) is 24.1 Å². The Morgan fingerprint density at radius 3 is 2.57 bits per heavy atom. The molecule has 0 fully saturated rings. The SMILES string of the molecule is COc1ccc(-c2cc(COC(=O)c3c(NC(C)=O)sc(C)c3C)on2)cc1. The van der Waals surface area contributed by atoms with E-state index in [1.54, 1.807) is 13.2 Å². The molecule has 1 N–H and O–H groups in total. The number of hydrogen-bond donors (Lipinski definition) is 1. The number of carbonyl (C=O) groups is 2. The van der Waals surface area contributed by atoms with Gasteiger partial charge in [0, 0.05) is 23.4 Å². The quantitative estimate of drug-likeness (QED) is 0.619. The fraction of sp³-hybridized carbons (Fsp3) is 0.250. The number of aromatic nitrogens is 1. The summed E-state index contributed by atoms with van der Waals surface area (Å²) < 4.78 is 15.8. The number of anilines is 1. The van der Waals surface area contributed by atoms with E-state index in [4.69, 9.17) is 14.0 Å². The van der Waals surface area contributed by atoms with Crippen LogP contribution in [0.4, 0.5) is 5.00 Å². The van der Waals surface area contributed by atoms with E-state index < -0.39 is 5.97 Å². The van der Waals surface area contributed by atoms with Gasteiger partial charge in [-0.05, 0) is 43.7 Å². The van der Waals surface area contributed by atoms with Crippen molar-refractivity contribution in [2.24, 2.45) is 0 Å². The molecular weight excluding hydrogens is 380 g/mol. The van der Waals surface area contributed by atoms with Gasteiger partial charge in [-0.15, -0.1) is 11.3 Å². The lowest BCUT2D eigenvalue weighted by Gasteiger charge is -2.06.